The number of hydrogen-bond acceptors (Lipinski definition) is 6. The van der Waals surface area contributed by atoms with Crippen molar-refractivity contribution in [2.24, 2.45) is 0 Å². The molecule has 1 N–H and O–H groups in total. The van der Waals surface area contributed by atoms with Crippen LogP contribution in [0.4, 0.5) is 5.69 Å². The number of aliphatic hydroxyl groups excluding tert-OH is 1. The molecule has 0 saturated carbocycles. The summed E-state index contributed by atoms with van der Waals surface area (Å²) in [4.78, 5) is 11.2. The highest BCUT2D eigenvalue weighted by Gasteiger charge is 2.27. The fourth-order valence-corrected chi connectivity index (χ4v) is 3.21. The Morgan fingerprint density at radius 2 is 2.08 bits per heavy atom. The van der Waals surface area contributed by atoms with E-state index in [1.54, 1.807) is 18.2 Å². The zero-order valence-electron chi connectivity index (χ0n) is 12.7. The highest BCUT2D eigenvalue weighted by molar-refractivity contribution is 6.17. The average Bonchev–Trinajstić information content (AvgIpc) is 3.07. The Morgan fingerprint density at radius 1 is 1.25 bits per heavy atom. The topological polar surface area (TPSA) is 91.1 Å². The molecule has 0 unspecified atom stereocenters. The van der Waals surface area contributed by atoms with Gasteiger partial charge in [0.15, 0.2) is 11.5 Å². The van der Waals surface area contributed by atoms with E-state index in [0.717, 1.165) is 5.39 Å². The van der Waals surface area contributed by atoms with E-state index >= 15 is 0 Å². The molecule has 24 heavy (non-hydrogen) atoms. The number of fused-ring (bicyclic) bond motifs is 5. The number of nitro groups is 1. The second-order valence-corrected chi connectivity index (χ2v) is 5.39. The van der Waals surface area contributed by atoms with Crippen LogP contribution < -0.4 is 14.2 Å². The quantitative estimate of drug-likeness (QED) is 0.451. The monoisotopic (exact) mass is 327 g/mol. The molecule has 0 bridgehead atoms. The van der Waals surface area contributed by atoms with Gasteiger partial charge in [-0.2, -0.15) is 0 Å². The molecule has 0 atom stereocenters. The maximum atomic E-state index is 11.6. The van der Waals surface area contributed by atoms with Gasteiger partial charge in [-0.05, 0) is 23.1 Å². The van der Waals surface area contributed by atoms with Crippen molar-refractivity contribution in [2.75, 3.05) is 13.9 Å². The SMILES string of the molecule is COc1cccc2c1cc([N+](=O)[O-])c1c(CO)cc3c(c12)OCO3. The molecule has 1 aliphatic rings. The van der Waals surface area contributed by atoms with E-state index in [4.69, 9.17) is 14.2 Å². The Balaban J connectivity index is 2.31. The number of methoxy groups -OCH3 is 1. The number of aliphatic hydroxyl groups is 1. The van der Waals surface area contributed by atoms with E-state index in [9.17, 15) is 15.2 Å². The van der Waals surface area contributed by atoms with Crippen molar-refractivity contribution >= 4 is 27.2 Å². The fraction of sp³-hybridized carbons (Fsp3) is 0.176. The predicted octanol–water partition coefficient (Wildman–Crippen LogP) is 3.13. The Labute approximate surface area is 136 Å². The van der Waals surface area contributed by atoms with Crippen molar-refractivity contribution in [1.82, 2.24) is 0 Å². The number of ether oxygens (including phenoxy) is 3. The van der Waals surface area contributed by atoms with Gasteiger partial charge in [-0.3, -0.25) is 10.1 Å². The zero-order chi connectivity index (χ0) is 16.8. The van der Waals surface area contributed by atoms with Crippen LogP contribution in [0.2, 0.25) is 0 Å². The number of rotatable bonds is 3. The average molecular weight is 327 g/mol. The van der Waals surface area contributed by atoms with Gasteiger partial charge >= 0.3 is 0 Å². The van der Waals surface area contributed by atoms with Gasteiger partial charge in [-0.1, -0.05) is 12.1 Å². The maximum absolute atomic E-state index is 11.6. The molecule has 1 heterocycles. The Hall–Kier alpha value is -3.06. The summed E-state index contributed by atoms with van der Waals surface area (Å²) in [5, 5.41) is 23.6. The van der Waals surface area contributed by atoms with Gasteiger partial charge in [0.25, 0.3) is 5.69 Å². The molecule has 0 saturated heterocycles. The molecule has 0 aliphatic carbocycles. The fourth-order valence-electron chi connectivity index (χ4n) is 3.21. The largest absolute Gasteiger partial charge is 0.496 e. The second-order valence-electron chi connectivity index (χ2n) is 5.39. The maximum Gasteiger partial charge on any atom is 0.278 e. The van der Waals surface area contributed by atoms with Crippen LogP contribution >= 0.6 is 0 Å². The van der Waals surface area contributed by atoms with Crippen molar-refractivity contribution < 1.29 is 24.2 Å². The third-order valence-corrected chi connectivity index (χ3v) is 4.20. The second kappa shape index (κ2) is 5.24. The highest BCUT2D eigenvalue weighted by atomic mass is 16.7. The van der Waals surface area contributed by atoms with E-state index in [2.05, 4.69) is 0 Å². The van der Waals surface area contributed by atoms with Gasteiger partial charge in [0.2, 0.25) is 6.79 Å². The number of non-ortho nitro benzene ring substituents is 1. The molecule has 0 fully saturated rings. The smallest absolute Gasteiger partial charge is 0.278 e. The minimum atomic E-state index is -0.463. The molecule has 122 valence electrons. The van der Waals surface area contributed by atoms with Crippen molar-refractivity contribution in [3.63, 3.8) is 0 Å². The van der Waals surface area contributed by atoms with Gasteiger partial charge < -0.3 is 19.3 Å². The highest BCUT2D eigenvalue weighted by Crippen LogP contribution is 2.48. The van der Waals surface area contributed by atoms with Crippen LogP contribution in [0.3, 0.4) is 0 Å². The number of hydrogen-bond donors (Lipinski definition) is 1. The molecule has 0 amide bonds. The summed E-state index contributed by atoms with van der Waals surface area (Å²) >= 11 is 0. The van der Waals surface area contributed by atoms with Crippen LogP contribution in [0.1, 0.15) is 5.56 Å². The third kappa shape index (κ3) is 1.88. The van der Waals surface area contributed by atoms with Gasteiger partial charge in [0.05, 0.1) is 24.0 Å². The Morgan fingerprint density at radius 3 is 2.79 bits per heavy atom. The van der Waals surface area contributed by atoms with Gasteiger partial charge in [-0.25, -0.2) is 0 Å². The van der Waals surface area contributed by atoms with Crippen LogP contribution in [-0.4, -0.2) is 23.9 Å². The lowest BCUT2D eigenvalue weighted by atomic mass is 9.95. The minimum absolute atomic E-state index is 0.0352. The summed E-state index contributed by atoms with van der Waals surface area (Å²) in [6.45, 7) is -0.309. The van der Waals surface area contributed by atoms with Gasteiger partial charge in [0.1, 0.15) is 5.75 Å². The van der Waals surface area contributed by atoms with Crippen molar-refractivity contribution in [3.05, 3.63) is 46.0 Å². The molecular formula is C17H13NO6. The van der Waals surface area contributed by atoms with Crippen LogP contribution in [0, 0.1) is 10.1 Å². The van der Waals surface area contributed by atoms with E-state index in [1.807, 2.05) is 6.07 Å². The molecule has 7 nitrogen and oxygen atoms in total. The van der Waals surface area contributed by atoms with Crippen LogP contribution in [0.5, 0.6) is 17.2 Å². The molecule has 3 aromatic rings. The first-order chi connectivity index (χ1) is 11.7. The molecule has 3 aromatic carbocycles. The third-order valence-electron chi connectivity index (χ3n) is 4.20. The number of nitro benzene ring substituents is 1. The van der Waals surface area contributed by atoms with Crippen molar-refractivity contribution in [2.45, 2.75) is 6.61 Å². The number of nitrogens with zero attached hydrogens (tertiary/aromatic N) is 1. The predicted molar refractivity (Wildman–Crippen MR) is 86.7 cm³/mol. The molecule has 0 radical (unpaired) electrons. The molecule has 1 aliphatic heterocycles. The van der Waals surface area contributed by atoms with E-state index < -0.39 is 4.92 Å². The van der Waals surface area contributed by atoms with Crippen LogP contribution in [0.25, 0.3) is 21.5 Å². The first-order valence-corrected chi connectivity index (χ1v) is 7.26. The lowest BCUT2D eigenvalue weighted by molar-refractivity contribution is -0.383. The summed E-state index contributed by atoms with van der Waals surface area (Å²) in [7, 11) is 1.51. The van der Waals surface area contributed by atoms with Crippen molar-refractivity contribution in [3.8, 4) is 17.2 Å². The Kier molecular flexibility index (Phi) is 3.17. The summed E-state index contributed by atoms with van der Waals surface area (Å²) in [5.41, 5.74) is 0.315. The van der Waals surface area contributed by atoms with Gasteiger partial charge in [-0.15, -0.1) is 0 Å². The molecule has 7 heteroatoms. The van der Waals surface area contributed by atoms with E-state index in [1.165, 1.54) is 13.2 Å². The van der Waals surface area contributed by atoms with E-state index in [-0.39, 0.29) is 19.1 Å². The molecule has 0 spiro atoms. The molecule has 0 aromatic heterocycles. The Bertz CT molecular complexity index is 998. The normalized spacial score (nSPS) is 12.8. The summed E-state index contributed by atoms with van der Waals surface area (Å²) in [5.74, 6) is 1.44. The van der Waals surface area contributed by atoms with E-state index in [0.29, 0.717) is 39.0 Å². The number of benzene rings is 3. The van der Waals surface area contributed by atoms with Crippen LogP contribution in [-0.2, 0) is 6.61 Å². The molecule has 4 rings (SSSR count). The summed E-state index contributed by atoms with van der Waals surface area (Å²) < 4.78 is 16.3. The van der Waals surface area contributed by atoms with Gasteiger partial charge in [0, 0.05) is 16.8 Å². The lowest BCUT2D eigenvalue weighted by Crippen LogP contribution is -1.97. The summed E-state index contributed by atoms with van der Waals surface area (Å²) in [6.07, 6.45) is 0. The first kappa shape index (κ1) is 14.5. The molecular weight excluding hydrogens is 314 g/mol. The van der Waals surface area contributed by atoms with Crippen molar-refractivity contribution in [1.29, 1.82) is 0 Å². The summed E-state index contributed by atoms with van der Waals surface area (Å²) in [6, 6.07) is 8.44. The zero-order valence-corrected chi connectivity index (χ0v) is 12.7. The standard InChI is InChI=1S/C17H13NO6/c1-22-13-4-2-3-10-11(13)6-12(18(20)21)15-9(7-19)5-14-17(16(10)15)24-8-23-14/h2-6,19H,7-8H2,1H3. The first-order valence-electron chi connectivity index (χ1n) is 7.26. The van der Waals surface area contributed by atoms with Crippen LogP contribution in [0.15, 0.2) is 30.3 Å². The lowest BCUT2D eigenvalue weighted by Gasteiger charge is -2.13. The minimum Gasteiger partial charge on any atom is -0.496 e.